The molecule has 0 unspecified atom stereocenters. The molecule has 0 amide bonds. The first-order chi connectivity index (χ1) is 9.86. The van der Waals surface area contributed by atoms with Gasteiger partial charge in [0.25, 0.3) is 0 Å². The number of benzene rings is 1. The van der Waals surface area contributed by atoms with Crippen LogP contribution in [-0.4, -0.2) is 32.3 Å². The Hall–Kier alpha value is -1.56. The minimum atomic E-state index is -3.15. The van der Waals surface area contributed by atoms with Gasteiger partial charge in [0, 0.05) is 18.5 Å². The molecule has 0 bridgehead atoms. The Morgan fingerprint density at radius 3 is 2.24 bits per heavy atom. The van der Waals surface area contributed by atoms with E-state index in [-0.39, 0.29) is 5.92 Å². The number of rotatable bonds is 5. The summed E-state index contributed by atoms with van der Waals surface area (Å²) >= 11 is 0. The van der Waals surface area contributed by atoms with Crippen LogP contribution in [0.2, 0.25) is 0 Å². The first-order valence-corrected chi connectivity index (χ1v) is 9.02. The molecule has 0 heterocycles. The normalized spacial score (nSPS) is 22.7. The maximum Gasteiger partial charge on any atom is 0.306 e. The summed E-state index contributed by atoms with van der Waals surface area (Å²) in [5.41, 5.74) is 0.891. The zero-order valence-electron chi connectivity index (χ0n) is 12.1. The lowest BCUT2D eigenvalue weighted by Crippen LogP contribution is -2.25. The minimum absolute atomic E-state index is 0.185. The summed E-state index contributed by atoms with van der Waals surface area (Å²) in [6.07, 6.45) is 4.52. The highest BCUT2D eigenvalue weighted by molar-refractivity contribution is 7.90. The van der Waals surface area contributed by atoms with E-state index in [9.17, 15) is 13.2 Å². The van der Waals surface area contributed by atoms with Gasteiger partial charge in [-0.3, -0.25) is 4.79 Å². The fraction of sp³-hybridized carbons (Fsp3) is 0.533. The third-order valence-electron chi connectivity index (χ3n) is 4.07. The van der Waals surface area contributed by atoms with Gasteiger partial charge in [0.2, 0.25) is 0 Å². The lowest BCUT2D eigenvalue weighted by molar-refractivity contribution is -0.143. The van der Waals surface area contributed by atoms with Crippen LogP contribution in [0.3, 0.4) is 0 Å². The average molecular weight is 311 g/mol. The van der Waals surface area contributed by atoms with Gasteiger partial charge in [-0.25, -0.2) is 8.42 Å². The number of carboxylic acid groups (broad SMARTS) is 1. The van der Waals surface area contributed by atoms with Crippen LogP contribution in [0.25, 0.3) is 0 Å². The van der Waals surface area contributed by atoms with E-state index in [4.69, 9.17) is 5.11 Å². The number of hydrogen-bond donors (Lipinski definition) is 2. The van der Waals surface area contributed by atoms with Crippen LogP contribution in [0.4, 0.5) is 5.69 Å². The van der Waals surface area contributed by atoms with Crippen molar-refractivity contribution in [1.82, 2.24) is 0 Å². The fourth-order valence-corrected chi connectivity index (χ4v) is 3.33. The number of sulfone groups is 1. The first kappa shape index (κ1) is 15.8. The molecular formula is C15H21NO4S. The van der Waals surface area contributed by atoms with Crippen molar-refractivity contribution in [3.63, 3.8) is 0 Å². The van der Waals surface area contributed by atoms with Crippen LogP contribution in [0.1, 0.15) is 25.7 Å². The van der Waals surface area contributed by atoms with Gasteiger partial charge in [-0.2, -0.15) is 0 Å². The van der Waals surface area contributed by atoms with Crippen molar-refractivity contribution < 1.29 is 18.3 Å². The van der Waals surface area contributed by atoms with Gasteiger partial charge in [-0.15, -0.1) is 0 Å². The third kappa shape index (κ3) is 4.46. The van der Waals surface area contributed by atoms with E-state index >= 15 is 0 Å². The number of carbonyl (C=O) groups is 1. The Kier molecular flexibility index (Phi) is 4.88. The quantitative estimate of drug-likeness (QED) is 0.872. The molecule has 0 saturated heterocycles. The van der Waals surface area contributed by atoms with Crippen molar-refractivity contribution >= 4 is 21.5 Å². The van der Waals surface area contributed by atoms with Crippen molar-refractivity contribution in [2.75, 3.05) is 18.1 Å². The molecule has 2 N–H and O–H groups in total. The molecule has 1 saturated carbocycles. The van der Waals surface area contributed by atoms with E-state index in [1.807, 2.05) is 0 Å². The number of aliphatic carboxylic acids is 1. The van der Waals surface area contributed by atoms with E-state index in [0.717, 1.165) is 37.9 Å². The average Bonchev–Trinajstić information content (AvgIpc) is 2.45. The summed E-state index contributed by atoms with van der Waals surface area (Å²) in [5, 5.41) is 12.3. The summed E-state index contributed by atoms with van der Waals surface area (Å²) in [6, 6.07) is 6.72. The number of carboxylic acids is 1. The monoisotopic (exact) mass is 311 g/mol. The van der Waals surface area contributed by atoms with Crippen molar-refractivity contribution in [2.24, 2.45) is 11.8 Å². The molecule has 1 aliphatic carbocycles. The molecule has 2 rings (SSSR count). The van der Waals surface area contributed by atoms with Crippen LogP contribution in [0.5, 0.6) is 0 Å². The smallest absolute Gasteiger partial charge is 0.306 e. The Bertz CT molecular complexity index is 587. The van der Waals surface area contributed by atoms with Crippen molar-refractivity contribution in [3.8, 4) is 0 Å². The summed E-state index contributed by atoms with van der Waals surface area (Å²) in [6.45, 7) is 0.796. The number of anilines is 1. The second-order valence-electron chi connectivity index (χ2n) is 5.73. The minimum Gasteiger partial charge on any atom is -0.481 e. The first-order valence-electron chi connectivity index (χ1n) is 7.13. The van der Waals surface area contributed by atoms with Crippen molar-refractivity contribution in [3.05, 3.63) is 24.3 Å². The molecule has 0 aliphatic heterocycles. The van der Waals surface area contributed by atoms with Gasteiger partial charge in [-0.05, 0) is 55.9 Å². The van der Waals surface area contributed by atoms with E-state index in [1.165, 1.54) is 6.26 Å². The van der Waals surface area contributed by atoms with Gasteiger partial charge in [0.1, 0.15) is 0 Å². The van der Waals surface area contributed by atoms with Crippen molar-refractivity contribution in [1.29, 1.82) is 0 Å². The van der Waals surface area contributed by atoms with Gasteiger partial charge < -0.3 is 10.4 Å². The lowest BCUT2D eigenvalue weighted by atomic mass is 9.82. The highest BCUT2D eigenvalue weighted by Gasteiger charge is 2.25. The molecule has 0 aromatic heterocycles. The van der Waals surface area contributed by atoms with Crippen LogP contribution in [0, 0.1) is 11.8 Å². The van der Waals surface area contributed by atoms with Gasteiger partial charge in [-0.1, -0.05) is 0 Å². The molecule has 0 atom stereocenters. The highest BCUT2D eigenvalue weighted by atomic mass is 32.2. The molecule has 1 fully saturated rings. The second-order valence-corrected chi connectivity index (χ2v) is 7.75. The van der Waals surface area contributed by atoms with E-state index in [1.54, 1.807) is 24.3 Å². The summed E-state index contributed by atoms with van der Waals surface area (Å²) < 4.78 is 22.7. The second kappa shape index (κ2) is 6.47. The SMILES string of the molecule is CS(=O)(=O)c1ccc(NCC2CCC(C(=O)O)CC2)cc1. The van der Waals surface area contributed by atoms with Crippen molar-refractivity contribution in [2.45, 2.75) is 30.6 Å². The topological polar surface area (TPSA) is 83.5 Å². The van der Waals surface area contributed by atoms with E-state index < -0.39 is 15.8 Å². The Balaban J connectivity index is 1.83. The Morgan fingerprint density at radius 1 is 1.19 bits per heavy atom. The molecule has 6 heteroatoms. The predicted molar refractivity (Wildman–Crippen MR) is 81.1 cm³/mol. The molecule has 1 aromatic rings. The summed E-state index contributed by atoms with van der Waals surface area (Å²) in [5.74, 6) is -0.386. The maximum atomic E-state index is 11.4. The van der Waals surface area contributed by atoms with E-state index in [2.05, 4.69) is 5.32 Å². The van der Waals surface area contributed by atoms with Crippen LogP contribution in [0.15, 0.2) is 29.2 Å². The van der Waals surface area contributed by atoms with Gasteiger partial charge in [0.05, 0.1) is 10.8 Å². The summed E-state index contributed by atoms with van der Waals surface area (Å²) in [7, 11) is -3.15. The zero-order valence-corrected chi connectivity index (χ0v) is 12.9. The highest BCUT2D eigenvalue weighted by Crippen LogP contribution is 2.29. The maximum absolute atomic E-state index is 11.4. The predicted octanol–water partition coefficient (Wildman–Crippen LogP) is 2.39. The van der Waals surface area contributed by atoms with Crippen LogP contribution >= 0.6 is 0 Å². The standard InChI is InChI=1S/C15H21NO4S/c1-21(19,20)14-8-6-13(7-9-14)16-10-11-2-4-12(5-3-11)15(17)18/h6-9,11-12,16H,2-5,10H2,1H3,(H,17,18). The number of hydrogen-bond acceptors (Lipinski definition) is 4. The molecule has 0 radical (unpaired) electrons. The third-order valence-corrected chi connectivity index (χ3v) is 5.20. The zero-order chi connectivity index (χ0) is 15.5. The molecule has 5 nitrogen and oxygen atoms in total. The largest absolute Gasteiger partial charge is 0.481 e. The molecule has 116 valence electrons. The fourth-order valence-electron chi connectivity index (χ4n) is 2.70. The Morgan fingerprint density at radius 2 is 1.76 bits per heavy atom. The van der Waals surface area contributed by atoms with Crippen LogP contribution < -0.4 is 5.32 Å². The molecule has 21 heavy (non-hydrogen) atoms. The lowest BCUT2D eigenvalue weighted by Gasteiger charge is -2.26. The van der Waals surface area contributed by atoms with E-state index in [0.29, 0.717) is 10.8 Å². The van der Waals surface area contributed by atoms with Gasteiger partial charge >= 0.3 is 5.97 Å². The van der Waals surface area contributed by atoms with Crippen LogP contribution in [-0.2, 0) is 14.6 Å². The Labute approximate surface area is 125 Å². The molecule has 1 aromatic carbocycles. The molecule has 0 spiro atoms. The molecular weight excluding hydrogens is 290 g/mol. The van der Waals surface area contributed by atoms with Gasteiger partial charge in [0.15, 0.2) is 9.84 Å². The number of nitrogens with one attached hydrogen (secondary N) is 1. The molecule has 1 aliphatic rings. The summed E-state index contributed by atoms with van der Waals surface area (Å²) in [4.78, 5) is 11.2.